The number of hydrogen-bond acceptors (Lipinski definition) is 4. The van der Waals surface area contributed by atoms with E-state index < -0.39 is 0 Å². The summed E-state index contributed by atoms with van der Waals surface area (Å²) in [5, 5.41) is 6.62. The van der Waals surface area contributed by atoms with Crippen molar-refractivity contribution in [2.75, 3.05) is 5.32 Å². The summed E-state index contributed by atoms with van der Waals surface area (Å²) in [6.45, 7) is 0. The normalized spacial score (nSPS) is 25.8. The van der Waals surface area contributed by atoms with E-state index in [4.69, 9.17) is 0 Å². The Morgan fingerprint density at radius 2 is 1.83 bits per heavy atom. The third-order valence-corrected chi connectivity index (χ3v) is 4.80. The largest absolute Gasteiger partial charge is 0.326 e. The molecule has 2 bridgehead atoms. The molecule has 2 aliphatic heterocycles. The lowest BCUT2D eigenvalue weighted by Crippen LogP contribution is -2.39. The number of halogens is 1. The Kier molecular flexibility index (Phi) is 4.78. The molecular weight excluding hydrogens is 312 g/mol. The fourth-order valence-electron chi connectivity index (χ4n) is 3.86. The van der Waals surface area contributed by atoms with Crippen LogP contribution in [-0.4, -0.2) is 28.0 Å². The van der Waals surface area contributed by atoms with E-state index in [-0.39, 0.29) is 18.3 Å². The summed E-state index contributed by atoms with van der Waals surface area (Å²) >= 11 is 0. The van der Waals surface area contributed by atoms with Gasteiger partial charge < -0.3 is 10.6 Å². The molecule has 2 unspecified atom stereocenters. The molecule has 2 fully saturated rings. The Morgan fingerprint density at radius 1 is 1.13 bits per heavy atom. The number of fused-ring (bicyclic) bond motifs is 3. The molecule has 1 aromatic heterocycles. The zero-order chi connectivity index (χ0) is 14.9. The number of nitrogens with zero attached hydrogens (tertiary/aromatic N) is 2. The van der Waals surface area contributed by atoms with Crippen LogP contribution in [0.4, 0.5) is 5.69 Å². The standard InChI is InChI=1S/C17H20N4O.ClH/c22-17(9-11-7-12-1-2-13(8-11)20-12)21-14-3-4-15-16(10-14)19-6-5-18-15;/h3-6,10-13,20H,1-2,7-9H2,(H,21,22);1H. The van der Waals surface area contributed by atoms with Gasteiger partial charge in [0.05, 0.1) is 11.0 Å². The van der Waals surface area contributed by atoms with Crippen molar-refractivity contribution in [3.63, 3.8) is 0 Å². The summed E-state index contributed by atoms with van der Waals surface area (Å²) in [5.74, 6) is 0.619. The second-order valence-electron chi connectivity index (χ2n) is 6.49. The van der Waals surface area contributed by atoms with Gasteiger partial charge in [0, 0.05) is 36.6 Å². The van der Waals surface area contributed by atoms with Crippen LogP contribution >= 0.6 is 12.4 Å². The number of hydrogen-bond donors (Lipinski definition) is 2. The molecule has 2 saturated heterocycles. The number of anilines is 1. The van der Waals surface area contributed by atoms with Crippen LogP contribution in [0.2, 0.25) is 0 Å². The van der Waals surface area contributed by atoms with Crippen molar-refractivity contribution in [2.45, 2.75) is 44.2 Å². The molecule has 0 radical (unpaired) electrons. The molecule has 0 aliphatic carbocycles. The molecule has 23 heavy (non-hydrogen) atoms. The fraction of sp³-hybridized carbons (Fsp3) is 0.471. The van der Waals surface area contributed by atoms with Crippen molar-refractivity contribution in [2.24, 2.45) is 5.92 Å². The van der Waals surface area contributed by atoms with E-state index in [1.54, 1.807) is 12.4 Å². The first kappa shape index (κ1) is 16.1. The second kappa shape index (κ2) is 6.81. The number of piperidine rings is 1. The second-order valence-corrected chi connectivity index (χ2v) is 6.49. The monoisotopic (exact) mass is 332 g/mol. The van der Waals surface area contributed by atoms with Crippen LogP contribution in [0, 0.1) is 5.92 Å². The highest BCUT2D eigenvalue weighted by molar-refractivity contribution is 5.93. The maximum absolute atomic E-state index is 12.3. The summed E-state index contributed by atoms with van der Waals surface area (Å²) in [6.07, 6.45) is 8.76. The molecule has 3 heterocycles. The van der Waals surface area contributed by atoms with Gasteiger partial charge in [-0.05, 0) is 49.8 Å². The molecule has 1 aromatic carbocycles. The minimum absolute atomic E-state index is 0. The molecule has 0 saturated carbocycles. The molecule has 122 valence electrons. The Bertz CT molecular complexity index is 696. The van der Waals surface area contributed by atoms with Crippen LogP contribution in [0.15, 0.2) is 30.6 Å². The minimum Gasteiger partial charge on any atom is -0.326 e. The Hall–Kier alpha value is -1.72. The lowest BCUT2D eigenvalue weighted by atomic mass is 9.89. The number of rotatable bonds is 3. The van der Waals surface area contributed by atoms with Gasteiger partial charge in [0.15, 0.2) is 0 Å². The zero-order valence-electron chi connectivity index (χ0n) is 12.9. The van der Waals surface area contributed by atoms with Gasteiger partial charge in [-0.3, -0.25) is 14.8 Å². The number of nitrogens with one attached hydrogen (secondary N) is 2. The zero-order valence-corrected chi connectivity index (χ0v) is 13.7. The highest BCUT2D eigenvalue weighted by Crippen LogP contribution is 2.32. The van der Waals surface area contributed by atoms with Gasteiger partial charge in [0.25, 0.3) is 0 Å². The van der Waals surface area contributed by atoms with Crippen LogP contribution < -0.4 is 10.6 Å². The van der Waals surface area contributed by atoms with Crippen molar-refractivity contribution >= 4 is 35.0 Å². The summed E-state index contributed by atoms with van der Waals surface area (Å²) in [5.41, 5.74) is 2.45. The smallest absolute Gasteiger partial charge is 0.224 e. The van der Waals surface area contributed by atoms with Crippen molar-refractivity contribution in [1.29, 1.82) is 0 Å². The predicted molar refractivity (Wildman–Crippen MR) is 92.7 cm³/mol. The summed E-state index contributed by atoms with van der Waals surface area (Å²) in [4.78, 5) is 20.8. The van der Waals surface area contributed by atoms with E-state index in [2.05, 4.69) is 20.6 Å². The van der Waals surface area contributed by atoms with Crippen LogP contribution in [0.25, 0.3) is 11.0 Å². The van der Waals surface area contributed by atoms with Gasteiger partial charge in [-0.25, -0.2) is 0 Å². The van der Waals surface area contributed by atoms with E-state index in [1.165, 1.54) is 12.8 Å². The molecule has 2 aromatic rings. The quantitative estimate of drug-likeness (QED) is 0.907. The van der Waals surface area contributed by atoms with E-state index >= 15 is 0 Å². The third kappa shape index (κ3) is 3.62. The molecule has 5 nitrogen and oxygen atoms in total. The minimum atomic E-state index is 0. The van der Waals surface area contributed by atoms with Gasteiger partial charge in [-0.1, -0.05) is 0 Å². The number of benzene rings is 1. The summed E-state index contributed by atoms with van der Waals surface area (Å²) < 4.78 is 0. The maximum atomic E-state index is 12.3. The highest BCUT2D eigenvalue weighted by atomic mass is 35.5. The molecule has 2 N–H and O–H groups in total. The first-order chi connectivity index (χ1) is 10.8. The van der Waals surface area contributed by atoms with E-state index in [1.807, 2.05) is 18.2 Å². The SMILES string of the molecule is Cl.O=C(CC1CC2CCC(C1)N2)Nc1ccc2nccnc2c1. The van der Waals surface area contributed by atoms with Crippen molar-refractivity contribution in [3.05, 3.63) is 30.6 Å². The van der Waals surface area contributed by atoms with Crippen molar-refractivity contribution < 1.29 is 4.79 Å². The molecule has 2 atom stereocenters. The van der Waals surface area contributed by atoms with Gasteiger partial charge in [0.1, 0.15) is 0 Å². The first-order valence-electron chi connectivity index (χ1n) is 8.03. The van der Waals surface area contributed by atoms with Gasteiger partial charge in [-0.15, -0.1) is 12.4 Å². The van der Waals surface area contributed by atoms with E-state index in [0.29, 0.717) is 24.4 Å². The average molecular weight is 333 g/mol. The van der Waals surface area contributed by atoms with Crippen LogP contribution in [-0.2, 0) is 4.79 Å². The molecule has 0 spiro atoms. The molecule has 4 rings (SSSR count). The lowest BCUT2D eigenvalue weighted by Gasteiger charge is -2.28. The number of carbonyl (C=O) groups excluding carboxylic acids is 1. The Labute approximate surface area is 141 Å². The van der Waals surface area contributed by atoms with Crippen molar-refractivity contribution in [3.8, 4) is 0 Å². The van der Waals surface area contributed by atoms with E-state index in [0.717, 1.165) is 29.6 Å². The third-order valence-electron chi connectivity index (χ3n) is 4.80. The fourth-order valence-corrected chi connectivity index (χ4v) is 3.86. The first-order valence-corrected chi connectivity index (χ1v) is 8.03. The van der Waals surface area contributed by atoms with Gasteiger partial charge in [0.2, 0.25) is 5.91 Å². The van der Waals surface area contributed by atoms with Crippen LogP contribution in [0.1, 0.15) is 32.1 Å². The molecule has 2 aliphatic rings. The van der Waals surface area contributed by atoms with Gasteiger partial charge in [-0.2, -0.15) is 0 Å². The van der Waals surface area contributed by atoms with Crippen LogP contribution in [0.3, 0.4) is 0 Å². The highest BCUT2D eigenvalue weighted by Gasteiger charge is 2.34. The van der Waals surface area contributed by atoms with Crippen LogP contribution in [0.5, 0.6) is 0 Å². The Morgan fingerprint density at radius 3 is 2.57 bits per heavy atom. The maximum Gasteiger partial charge on any atom is 0.224 e. The molecular formula is C17H21ClN4O. The molecule has 6 heteroatoms. The van der Waals surface area contributed by atoms with Gasteiger partial charge >= 0.3 is 0 Å². The summed E-state index contributed by atoms with van der Waals surface area (Å²) in [7, 11) is 0. The topological polar surface area (TPSA) is 66.9 Å². The number of aromatic nitrogens is 2. The lowest BCUT2D eigenvalue weighted by molar-refractivity contribution is -0.117. The number of amides is 1. The Balaban J connectivity index is 0.00000156. The molecule has 1 amide bonds. The average Bonchev–Trinajstić information content (AvgIpc) is 2.86. The van der Waals surface area contributed by atoms with E-state index in [9.17, 15) is 4.79 Å². The predicted octanol–water partition coefficient (Wildman–Crippen LogP) is 2.91. The summed E-state index contributed by atoms with van der Waals surface area (Å²) in [6, 6.07) is 6.93. The number of carbonyl (C=O) groups is 1. The van der Waals surface area contributed by atoms with Crippen molar-refractivity contribution in [1.82, 2.24) is 15.3 Å².